The molecule has 4 rings (SSSR count). The summed E-state index contributed by atoms with van der Waals surface area (Å²) in [7, 11) is 0. The second-order valence-corrected chi connectivity index (χ2v) is 7.52. The molecule has 0 spiro atoms. The Hall–Kier alpha value is -2.05. The zero-order valence-corrected chi connectivity index (χ0v) is 14.9. The van der Waals surface area contributed by atoms with Crippen LogP contribution in [0.4, 0.5) is 0 Å². The Labute approximate surface area is 150 Å². The van der Waals surface area contributed by atoms with Crippen LogP contribution < -0.4 is 9.47 Å². The van der Waals surface area contributed by atoms with E-state index in [0.717, 1.165) is 36.4 Å². The highest BCUT2D eigenvalue weighted by atomic mass is 32.1. The molecule has 2 aliphatic rings. The maximum absolute atomic E-state index is 11.9. The van der Waals surface area contributed by atoms with Gasteiger partial charge in [-0.2, -0.15) is 0 Å². The molecule has 3 heterocycles. The first-order chi connectivity index (χ1) is 12.1. The number of carbonyl (C=O) groups is 1. The smallest absolute Gasteiger partial charge is 0.320 e. The fraction of sp³-hybridized carbons (Fsp3) is 0.421. The normalized spacial score (nSPS) is 21.2. The number of nitrogens with zero attached hydrogens (tertiary/aromatic N) is 1. The monoisotopic (exact) mass is 359 g/mol. The van der Waals surface area contributed by atoms with Crippen molar-refractivity contribution in [2.75, 3.05) is 13.3 Å². The Balaban J connectivity index is 1.79. The maximum atomic E-state index is 11.9. The molecule has 0 radical (unpaired) electrons. The van der Waals surface area contributed by atoms with Gasteiger partial charge in [0.25, 0.3) is 0 Å². The Bertz CT molecular complexity index is 787. The quantitative estimate of drug-likeness (QED) is 0.899. The number of aliphatic carboxylic acids is 1. The molecule has 0 bridgehead atoms. The summed E-state index contributed by atoms with van der Waals surface area (Å²) in [4.78, 5) is 15.2. The van der Waals surface area contributed by atoms with Crippen molar-refractivity contribution >= 4 is 17.3 Å². The molecule has 2 atom stereocenters. The van der Waals surface area contributed by atoms with E-state index in [4.69, 9.17) is 9.47 Å². The molecule has 25 heavy (non-hydrogen) atoms. The molecule has 0 aliphatic carbocycles. The number of fused-ring (bicyclic) bond motifs is 1. The summed E-state index contributed by atoms with van der Waals surface area (Å²) < 4.78 is 11.0. The van der Waals surface area contributed by atoms with Gasteiger partial charge in [0, 0.05) is 4.88 Å². The average molecular weight is 359 g/mol. The number of rotatable bonds is 4. The van der Waals surface area contributed by atoms with Crippen LogP contribution in [0, 0.1) is 6.92 Å². The van der Waals surface area contributed by atoms with Gasteiger partial charge >= 0.3 is 5.97 Å². The van der Waals surface area contributed by atoms with E-state index in [1.165, 1.54) is 10.4 Å². The molecular formula is C19H21NO4S. The predicted octanol–water partition coefficient (Wildman–Crippen LogP) is 3.81. The number of benzene rings is 1. The number of thiophene rings is 1. The van der Waals surface area contributed by atoms with Crippen molar-refractivity contribution in [1.82, 2.24) is 4.90 Å². The summed E-state index contributed by atoms with van der Waals surface area (Å²) in [5, 5.41) is 11.8. The van der Waals surface area contributed by atoms with E-state index in [2.05, 4.69) is 23.3 Å². The first-order valence-corrected chi connectivity index (χ1v) is 9.45. The minimum atomic E-state index is -0.736. The van der Waals surface area contributed by atoms with Crippen molar-refractivity contribution in [2.24, 2.45) is 0 Å². The number of hydrogen-bond acceptors (Lipinski definition) is 5. The molecule has 1 aromatic carbocycles. The molecule has 1 N–H and O–H groups in total. The van der Waals surface area contributed by atoms with E-state index < -0.39 is 12.0 Å². The van der Waals surface area contributed by atoms with E-state index in [1.807, 2.05) is 18.2 Å². The molecule has 1 saturated heterocycles. The van der Waals surface area contributed by atoms with Gasteiger partial charge in [-0.05, 0) is 61.0 Å². The molecule has 2 aromatic rings. The van der Waals surface area contributed by atoms with Crippen LogP contribution in [0.3, 0.4) is 0 Å². The Morgan fingerprint density at radius 2 is 2.12 bits per heavy atom. The van der Waals surface area contributed by atoms with Gasteiger partial charge < -0.3 is 14.6 Å². The lowest BCUT2D eigenvalue weighted by molar-refractivity contribution is -0.145. The second kappa shape index (κ2) is 6.69. The summed E-state index contributed by atoms with van der Waals surface area (Å²) in [6.45, 7) is 3.11. The molecule has 6 heteroatoms. The Kier molecular flexibility index (Phi) is 4.39. The number of piperidine rings is 1. The summed E-state index contributed by atoms with van der Waals surface area (Å²) in [6.07, 6.45) is 2.68. The third kappa shape index (κ3) is 3.00. The molecule has 1 aromatic heterocycles. The molecular weight excluding hydrogens is 338 g/mol. The molecule has 5 nitrogen and oxygen atoms in total. The summed E-state index contributed by atoms with van der Waals surface area (Å²) in [5.41, 5.74) is 2.25. The minimum absolute atomic E-state index is 0.0732. The number of likely N-dealkylation sites (tertiary alicyclic amines) is 1. The van der Waals surface area contributed by atoms with Crippen LogP contribution in [-0.2, 0) is 4.79 Å². The summed E-state index contributed by atoms with van der Waals surface area (Å²) >= 11 is 1.69. The van der Waals surface area contributed by atoms with Gasteiger partial charge in [0.2, 0.25) is 6.79 Å². The van der Waals surface area contributed by atoms with Gasteiger partial charge in [0.15, 0.2) is 11.5 Å². The topological polar surface area (TPSA) is 59.0 Å². The number of ether oxygens (including phenoxy) is 2. The lowest BCUT2D eigenvalue weighted by Crippen LogP contribution is -2.46. The molecule has 2 unspecified atom stereocenters. The lowest BCUT2D eigenvalue weighted by atomic mass is 9.94. The van der Waals surface area contributed by atoms with Crippen molar-refractivity contribution in [2.45, 2.75) is 38.3 Å². The van der Waals surface area contributed by atoms with E-state index in [9.17, 15) is 9.90 Å². The number of carboxylic acids is 1. The van der Waals surface area contributed by atoms with Gasteiger partial charge in [0.05, 0.1) is 6.04 Å². The van der Waals surface area contributed by atoms with Crippen molar-refractivity contribution in [1.29, 1.82) is 0 Å². The third-order valence-corrected chi connectivity index (χ3v) is 6.09. The largest absolute Gasteiger partial charge is 0.480 e. The predicted molar refractivity (Wildman–Crippen MR) is 95.4 cm³/mol. The highest BCUT2D eigenvalue weighted by Crippen LogP contribution is 2.42. The van der Waals surface area contributed by atoms with Crippen LogP contribution in [0.5, 0.6) is 11.5 Å². The average Bonchev–Trinajstić information content (AvgIpc) is 3.24. The van der Waals surface area contributed by atoms with Crippen LogP contribution in [0.15, 0.2) is 29.6 Å². The number of hydrogen-bond donors (Lipinski definition) is 1. The van der Waals surface area contributed by atoms with Crippen molar-refractivity contribution < 1.29 is 19.4 Å². The van der Waals surface area contributed by atoms with Crippen molar-refractivity contribution in [3.63, 3.8) is 0 Å². The first kappa shape index (κ1) is 16.4. The van der Waals surface area contributed by atoms with Gasteiger partial charge in [-0.3, -0.25) is 9.69 Å². The summed E-state index contributed by atoms with van der Waals surface area (Å²) in [6, 6.07) is 7.53. The number of aryl methyl sites for hydroxylation is 1. The Morgan fingerprint density at radius 1 is 1.28 bits per heavy atom. The SMILES string of the molecule is Cc1ccsc1C(c1ccc2c(c1)OCO2)N1CCCCC1C(=O)O. The van der Waals surface area contributed by atoms with Crippen LogP contribution >= 0.6 is 11.3 Å². The second-order valence-electron chi connectivity index (χ2n) is 6.57. The zero-order valence-electron chi connectivity index (χ0n) is 14.1. The van der Waals surface area contributed by atoms with E-state index in [1.54, 1.807) is 11.3 Å². The van der Waals surface area contributed by atoms with Crippen molar-refractivity contribution in [3.8, 4) is 11.5 Å². The fourth-order valence-corrected chi connectivity index (χ4v) is 4.84. The molecule has 2 aliphatic heterocycles. The van der Waals surface area contributed by atoms with Gasteiger partial charge in [-0.1, -0.05) is 12.5 Å². The van der Waals surface area contributed by atoms with Crippen LogP contribution in [-0.4, -0.2) is 35.4 Å². The molecule has 0 amide bonds. The van der Waals surface area contributed by atoms with Gasteiger partial charge in [0.1, 0.15) is 6.04 Å². The highest BCUT2D eigenvalue weighted by Gasteiger charge is 2.36. The fourth-order valence-electron chi connectivity index (χ4n) is 3.77. The highest BCUT2D eigenvalue weighted by molar-refractivity contribution is 7.10. The summed E-state index contributed by atoms with van der Waals surface area (Å²) in [5.74, 6) is 0.749. The molecule has 1 fully saturated rings. The maximum Gasteiger partial charge on any atom is 0.320 e. The Morgan fingerprint density at radius 3 is 2.88 bits per heavy atom. The van der Waals surface area contributed by atoms with Crippen LogP contribution in [0.1, 0.15) is 41.3 Å². The van der Waals surface area contributed by atoms with E-state index in [-0.39, 0.29) is 12.8 Å². The van der Waals surface area contributed by atoms with Gasteiger partial charge in [-0.25, -0.2) is 0 Å². The van der Waals surface area contributed by atoms with Crippen molar-refractivity contribution in [3.05, 3.63) is 45.6 Å². The third-order valence-electron chi connectivity index (χ3n) is 5.02. The molecule has 0 saturated carbocycles. The van der Waals surface area contributed by atoms with Crippen LogP contribution in [0.25, 0.3) is 0 Å². The molecule has 132 valence electrons. The van der Waals surface area contributed by atoms with Crippen LogP contribution in [0.2, 0.25) is 0 Å². The van der Waals surface area contributed by atoms with E-state index in [0.29, 0.717) is 6.42 Å². The van der Waals surface area contributed by atoms with E-state index >= 15 is 0 Å². The number of carboxylic acid groups (broad SMARTS) is 1. The van der Waals surface area contributed by atoms with Gasteiger partial charge in [-0.15, -0.1) is 11.3 Å². The minimum Gasteiger partial charge on any atom is -0.480 e. The lowest BCUT2D eigenvalue weighted by Gasteiger charge is -2.39. The first-order valence-electron chi connectivity index (χ1n) is 8.57. The zero-order chi connectivity index (χ0) is 17.4. The standard InChI is InChI=1S/C19H21NO4S/c1-12-7-9-25-18(12)17(20-8-3-2-4-14(20)19(21)22)13-5-6-15-16(10-13)24-11-23-15/h5-7,9-10,14,17H,2-4,8,11H2,1H3,(H,21,22).